The molecule has 5 heteroatoms. The Morgan fingerprint density at radius 2 is 2.00 bits per heavy atom. The molecule has 4 nitrogen and oxygen atoms in total. The van der Waals surface area contributed by atoms with Crippen LogP contribution in [0.1, 0.15) is 26.7 Å². The monoisotopic (exact) mass is 268 g/mol. The number of hydrogen-bond acceptors (Lipinski definition) is 3. The second-order valence-electron chi connectivity index (χ2n) is 5.39. The minimum Gasteiger partial charge on any atom is -0.382 e. The van der Waals surface area contributed by atoms with Crippen LogP contribution in [0.3, 0.4) is 0 Å². The maximum atomic E-state index is 11.2. The van der Waals surface area contributed by atoms with Crippen LogP contribution in [0.4, 0.5) is 5.69 Å². The summed E-state index contributed by atoms with van der Waals surface area (Å²) in [5, 5.41) is 8.46. The number of nitrogens with one attached hydrogen (secondary N) is 1. The van der Waals surface area contributed by atoms with Crippen LogP contribution >= 0.6 is 0 Å². The molecule has 2 rings (SSSR count). The van der Waals surface area contributed by atoms with E-state index in [9.17, 15) is 8.42 Å². The van der Waals surface area contributed by atoms with Gasteiger partial charge in [-0.1, -0.05) is 19.9 Å². The fraction of sp³-hybridized carbons (Fsp3) is 0.538. The highest BCUT2D eigenvalue weighted by Gasteiger charge is 2.30. The van der Waals surface area contributed by atoms with Gasteiger partial charge in [0.1, 0.15) is 0 Å². The third kappa shape index (κ3) is 3.03. The third-order valence-corrected chi connectivity index (χ3v) is 4.56. The van der Waals surface area contributed by atoms with Crippen LogP contribution in [0.5, 0.6) is 0 Å². The van der Waals surface area contributed by atoms with Gasteiger partial charge in [-0.3, -0.25) is 0 Å². The summed E-state index contributed by atoms with van der Waals surface area (Å²) >= 11 is 0. The second kappa shape index (κ2) is 4.90. The summed E-state index contributed by atoms with van der Waals surface area (Å²) in [7, 11) is -3.61. The SMILES string of the molecule is CC(C)C1CC(Nc2cccc(S(N)(=O)=O)c2)C1. The number of primary sulfonamides is 1. The third-order valence-electron chi connectivity index (χ3n) is 3.65. The van der Waals surface area contributed by atoms with E-state index < -0.39 is 10.0 Å². The highest BCUT2D eigenvalue weighted by molar-refractivity contribution is 7.89. The fourth-order valence-electron chi connectivity index (χ4n) is 2.32. The maximum absolute atomic E-state index is 11.2. The van der Waals surface area contributed by atoms with Crippen molar-refractivity contribution in [1.29, 1.82) is 0 Å². The van der Waals surface area contributed by atoms with E-state index in [4.69, 9.17) is 5.14 Å². The molecule has 0 aromatic heterocycles. The topological polar surface area (TPSA) is 72.2 Å². The molecule has 1 aromatic rings. The first-order valence-corrected chi connectivity index (χ1v) is 7.80. The smallest absolute Gasteiger partial charge is 0.238 e. The lowest BCUT2D eigenvalue weighted by Crippen LogP contribution is -2.37. The van der Waals surface area contributed by atoms with Gasteiger partial charge in [-0.15, -0.1) is 0 Å². The second-order valence-corrected chi connectivity index (χ2v) is 6.95. The molecule has 0 aliphatic heterocycles. The van der Waals surface area contributed by atoms with Crippen molar-refractivity contribution in [3.05, 3.63) is 24.3 Å². The van der Waals surface area contributed by atoms with E-state index in [0.29, 0.717) is 6.04 Å². The Bertz CT molecular complexity index is 520. The van der Waals surface area contributed by atoms with E-state index in [1.54, 1.807) is 12.1 Å². The van der Waals surface area contributed by atoms with E-state index in [-0.39, 0.29) is 4.90 Å². The zero-order valence-corrected chi connectivity index (χ0v) is 11.6. The summed E-state index contributed by atoms with van der Waals surface area (Å²) < 4.78 is 22.5. The van der Waals surface area contributed by atoms with Crippen LogP contribution in [0, 0.1) is 11.8 Å². The molecule has 0 atom stereocenters. The van der Waals surface area contributed by atoms with Crippen LogP contribution < -0.4 is 10.5 Å². The number of sulfonamides is 1. The largest absolute Gasteiger partial charge is 0.382 e. The molecule has 1 fully saturated rings. The van der Waals surface area contributed by atoms with Gasteiger partial charge in [0.2, 0.25) is 10.0 Å². The number of hydrogen-bond donors (Lipinski definition) is 2. The van der Waals surface area contributed by atoms with Crippen LogP contribution in [0.15, 0.2) is 29.2 Å². The maximum Gasteiger partial charge on any atom is 0.238 e. The molecule has 1 aliphatic rings. The molecule has 0 radical (unpaired) electrons. The molecule has 0 unspecified atom stereocenters. The normalized spacial score (nSPS) is 23.8. The molecule has 0 spiro atoms. The van der Waals surface area contributed by atoms with E-state index in [0.717, 1.165) is 30.4 Å². The van der Waals surface area contributed by atoms with Gasteiger partial charge in [0.15, 0.2) is 0 Å². The Labute approximate surface area is 109 Å². The molecule has 0 bridgehead atoms. The van der Waals surface area contributed by atoms with Gasteiger partial charge < -0.3 is 5.32 Å². The van der Waals surface area contributed by atoms with E-state index in [2.05, 4.69) is 19.2 Å². The summed E-state index contributed by atoms with van der Waals surface area (Å²) in [5.41, 5.74) is 0.828. The number of anilines is 1. The lowest BCUT2D eigenvalue weighted by Gasteiger charge is -2.39. The van der Waals surface area contributed by atoms with Gasteiger partial charge in [0.05, 0.1) is 4.90 Å². The van der Waals surface area contributed by atoms with Crippen molar-refractivity contribution in [2.45, 2.75) is 37.6 Å². The Hall–Kier alpha value is -1.07. The summed E-state index contributed by atoms with van der Waals surface area (Å²) in [6.45, 7) is 4.48. The van der Waals surface area contributed by atoms with E-state index >= 15 is 0 Å². The highest BCUT2D eigenvalue weighted by Crippen LogP contribution is 2.35. The molecular weight excluding hydrogens is 248 g/mol. The van der Waals surface area contributed by atoms with Crippen molar-refractivity contribution in [2.24, 2.45) is 17.0 Å². The Balaban J connectivity index is 2.00. The molecule has 100 valence electrons. The zero-order valence-electron chi connectivity index (χ0n) is 10.8. The van der Waals surface area contributed by atoms with Crippen LogP contribution in [0.25, 0.3) is 0 Å². The molecule has 0 saturated heterocycles. The summed E-state index contributed by atoms with van der Waals surface area (Å²) in [6.07, 6.45) is 2.30. The van der Waals surface area contributed by atoms with Crippen molar-refractivity contribution in [1.82, 2.24) is 0 Å². The average Bonchev–Trinajstić information content (AvgIpc) is 2.21. The molecule has 1 aromatic carbocycles. The van der Waals surface area contributed by atoms with E-state index in [1.807, 2.05) is 6.07 Å². The van der Waals surface area contributed by atoms with E-state index in [1.165, 1.54) is 6.07 Å². The number of rotatable bonds is 4. The lowest BCUT2D eigenvalue weighted by molar-refractivity contribution is 0.212. The quantitative estimate of drug-likeness (QED) is 0.879. The molecule has 3 N–H and O–H groups in total. The zero-order chi connectivity index (χ0) is 13.3. The number of benzene rings is 1. The van der Waals surface area contributed by atoms with Gasteiger partial charge in [-0.25, -0.2) is 13.6 Å². The predicted octanol–water partition coefficient (Wildman–Crippen LogP) is 2.18. The summed E-state index contributed by atoms with van der Waals surface area (Å²) in [4.78, 5) is 0.159. The highest BCUT2D eigenvalue weighted by atomic mass is 32.2. The molecule has 18 heavy (non-hydrogen) atoms. The van der Waals surface area contributed by atoms with Gasteiger partial charge in [-0.2, -0.15) is 0 Å². The Kier molecular flexibility index (Phi) is 3.64. The summed E-state index contributed by atoms with van der Waals surface area (Å²) in [5.74, 6) is 1.50. The minimum absolute atomic E-state index is 0.159. The average molecular weight is 268 g/mol. The van der Waals surface area contributed by atoms with Crippen molar-refractivity contribution in [3.63, 3.8) is 0 Å². The molecule has 1 saturated carbocycles. The first kappa shape index (κ1) is 13.4. The first-order valence-electron chi connectivity index (χ1n) is 6.25. The molecule has 1 aliphatic carbocycles. The van der Waals surface area contributed by atoms with Crippen LogP contribution in [-0.2, 0) is 10.0 Å². The number of nitrogens with two attached hydrogens (primary N) is 1. The van der Waals surface area contributed by atoms with Gasteiger partial charge >= 0.3 is 0 Å². The molecular formula is C13H20N2O2S. The van der Waals surface area contributed by atoms with Crippen molar-refractivity contribution < 1.29 is 8.42 Å². The predicted molar refractivity (Wildman–Crippen MR) is 72.8 cm³/mol. The van der Waals surface area contributed by atoms with Crippen molar-refractivity contribution in [2.75, 3.05) is 5.32 Å². The van der Waals surface area contributed by atoms with Gasteiger partial charge in [-0.05, 0) is 42.9 Å². The van der Waals surface area contributed by atoms with Crippen LogP contribution in [-0.4, -0.2) is 14.5 Å². The molecule has 0 amide bonds. The Morgan fingerprint density at radius 1 is 1.33 bits per heavy atom. The van der Waals surface area contributed by atoms with Crippen molar-refractivity contribution in [3.8, 4) is 0 Å². The summed E-state index contributed by atoms with van der Waals surface area (Å²) in [6, 6.07) is 7.14. The van der Waals surface area contributed by atoms with Crippen molar-refractivity contribution >= 4 is 15.7 Å². The molecule has 0 heterocycles. The Morgan fingerprint density at radius 3 is 2.56 bits per heavy atom. The van der Waals surface area contributed by atoms with Gasteiger partial charge in [0.25, 0.3) is 0 Å². The minimum atomic E-state index is -3.61. The van der Waals surface area contributed by atoms with Crippen LogP contribution in [0.2, 0.25) is 0 Å². The van der Waals surface area contributed by atoms with Gasteiger partial charge in [0, 0.05) is 11.7 Å². The fourth-order valence-corrected chi connectivity index (χ4v) is 2.88. The lowest BCUT2D eigenvalue weighted by atomic mass is 9.73. The standard InChI is InChI=1S/C13H20N2O2S/c1-9(2)10-6-12(7-10)15-11-4-3-5-13(8-11)18(14,16)17/h3-5,8-10,12,15H,6-7H2,1-2H3,(H2,14,16,17). The first-order chi connectivity index (χ1) is 8.36.